The molecule has 19 heavy (non-hydrogen) atoms. The van der Waals surface area contributed by atoms with Gasteiger partial charge in [0.2, 0.25) is 0 Å². The summed E-state index contributed by atoms with van der Waals surface area (Å²) >= 11 is 6.07. The third-order valence-corrected chi connectivity index (χ3v) is 3.88. The minimum atomic E-state index is 0.819. The molecule has 1 aliphatic rings. The minimum absolute atomic E-state index is 0.819. The lowest BCUT2D eigenvalue weighted by atomic mass is 9.99. The van der Waals surface area contributed by atoms with E-state index in [0.717, 1.165) is 36.8 Å². The van der Waals surface area contributed by atoms with E-state index in [9.17, 15) is 0 Å². The molecule has 98 valence electrons. The van der Waals surface area contributed by atoms with Gasteiger partial charge in [-0.3, -0.25) is 4.90 Å². The van der Waals surface area contributed by atoms with E-state index in [1.807, 2.05) is 18.2 Å². The van der Waals surface area contributed by atoms with Gasteiger partial charge in [-0.05, 0) is 47.4 Å². The van der Waals surface area contributed by atoms with Gasteiger partial charge in [-0.25, -0.2) is 0 Å². The second kappa shape index (κ2) is 5.24. The van der Waals surface area contributed by atoms with Crippen molar-refractivity contribution in [1.29, 1.82) is 0 Å². The Morgan fingerprint density at radius 1 is 1.05 bits per heavy atom. The molecule has 0 radical (unpaired) electrons. The molecule has 0 saturated carbocycles. The molecule has 0 aromatic heterocycles. The molecule has 2 aromatic rings. The highest BCUT2D eigenvalue weighted by molar-refractivity contribution is 6.30. The van der Waals surface area contributed by atoms with Gasteiger partial charge < -0.3 is 5.73 Å². The summed E-state index contributed by atoms with van der Waals surface area (Å²) in [4.78, 5) is 2.45. The molecule has 3 heteroatoms. The number of anilines is 1. The van der Waals surface area contributed by atoms with Crippen molar-refractivity contribution in [3.63, 3.8) is 0 Å². The van der Waals surface area contributed by atoms with Crippen molar-refractivity contribution >= 4 is 17.3 Å². The zero-order valence-electron chi connectivity index (χ0n) is 10.8. The van der Waals surface area contributed by atoms with Crippen LogP contribution in [-0.4, -0.2) is 11.4 Å². The molecule has 3 rings (SSSR count). The highest BCUT2D eigenvalue weighted by Crippen LogP contribution is 2.23. The van der Waals surface area contributed by atoms with E-state index in [-0.39, 0.29) is 0 Å². The highest BCUT2D eigenvalue weighted by Gasteiger charge is 2.16. The van der Waals surface area contributed by atoms with Gasteiger partial charge in [-0.15, -0.1) is 0 Å². The van der Waals surface area contributed by atoms with Gasteiger partial charge in [0.25, 0.3) is 0 Å². The van der Waals surface area contributed by atoms with Gasteiger partial charge in [0.1, 0.15) is 0 Å². The molecule has 0 unspecified atom stereocenters. The van der Waals surface area contributed by atoms with E-state index in [4.69, 9.17) is 17.3 Å². The van der Waals surface area contributed by atoms with Crippen molar-refractivity contribution < 1.29 is 0 Å². The van der Waals surface area contributed by atoms with Gasteiger partial charge >= 0.3 is 0 Å². The van der Waals surface area contributed by atoms with E-state index < -0.39 is 0 Å². The number of nitrogen functional groups attached to an aromatic ring is 1. The van der Waals surface area contributed by atoms with Crippen molar-refractivity contribution in [2.24, 2.45) is 0 Å². The van der Waals surface area contributed by atoms with E-state index >= 15 is 0 Å². The standard InChI is InChI=1S/C16H17ClN2/c17-15-4-3-13-7-8-19(11-14(13)9-15)10-12-1-5-16(18)6-2-12/h1-6,9H,7-8,10-11,18H2. The number of halogens is 1. The molecular weight excluding hydrogens is 256 g/mol. The van der Waals surface area contributed by atoms with Crippen molar-refractivity contribution in [2.45, 2.75) is 19.5 Å². The van der Waals surface area contributed by atoms with Crippen LogP contribution in [0.2, 0.25) is 5.02 Å². The fourth-order valence-corrected chi connectivity index (χ4v) is 2.80. The normalized spacial score (nSPS) is 15.2. The zero-order chi connectivity index (χ0) is 13.2. The first-order chi connectivity index (χ1) is 9.20. The van der Waals surface area contributed by atoms with Crippen molar-refractivity contribution in [1.82, 2.24) is 4.90 Å². The summed E-state index contributed by atoms with van der Waals surface area (Å²) in [5.74, 6) is 0. The lowest BCUT2D eigenvalue weighted by Gasteiger charge is -2.29. The molecule has 2 aromatic carbocycles. The highest BCUT2D eigenvalue weighted by atomic mass is 35.5. The van der Waals surface area contributed by atoms with Crippen LogP contribution in [0.3, 0.4) is 0 Å². The van der Waals surface area contributed by atoms with Crippen LogP contribution in [-0.2, 0) is 19.5 Å². The van der Waals surface area contributed by atoms with E-state index in [1.165, 1.54) is 16.7 Å². The van der Waals surface area contributed by atoms with Crippen LogP contribution in [0.25, 0.3) is 0 Å². The van der Waals surface area contributed by atoms with Crippen LogP contribution in [0.1, 0.15) is 16.7 Å². The van der Waals surface area contributed by atoms with Crippen LogP contribution in [0.15, 0.2) is 42.5 Å². The van der Waals surface area contributed by atoms with Gasteiger partial charge in [-0.2, -0.15) is 0 Å². The van der Waals surface area contributed by atoms with E-state index in [1.54, 1.807) is 0 Å². The Hall–Kier alpha value is -1.51. The van der Waals surface area contributed by atoms with E-state index in [0.29, 0.717) is 0 Å². The molecule has 0 saturated heterocycles. The topological polar surface area (TPSA) is 29.3 Å². The molecule has 0 bridgehead atoms. The maximum Gasteiger partial charge on any atom is 0.0409 e. The number of hydrogen-bond acceptors (Lipinski definition) is 2. The quantitative estimate of drug-likeness (QED) is 0.848. The van der Waals surface area contributed by atoms with Crippen LogP contribution in [0, 0.1) is 0 Å². The maximum atomic E-state index is 6.07. The Morgan fingerprint density at radius 3 is 2.63 bits per heavy atom. The lowest BCUT2D eigenvalue weighted by molar-refractivity contribution is 0.245. The Balaban J connectivity index is 1.73. The number of nitrogens with two attached hydrogens (primary N) is 1. The smallest absolute Gasteiger partial charge is 0.0409 e. The van der Waals surface area contributed by atoms with Crippen LogP contribution < -0.4 is 5.73 Å². The maximum absolute atomic E-state index is 6.07. The Labute approximate surface area is 118 Å². The molecule has 0 spiro atoms. The molecule has 0 atom stereocenters. The van der Waals surface area contributed by atoms with Gasteiger partial charge in [-0.1, -0.05) is 29.8 Å². The summed E-state index contributed by atoms with van der Waals surface area (Å²) in [5.41, 5.74) is 10.6. The molecule has 2 N–H and O–H groups in total. The van der Waals surface area contributed by atoms with Crippen molar-refractivity contribution in [3.8, 4) is 0 Å². The first-order valence-electron chi connectivity index (χ1n) is 6.55. The molecule has 1 heterocycles. The third kappa shape index (κ3) is 2.91. The Bertz CT molecular complexity index is 578. The number of nitrogens with zero attached hydrogens (tertiary/aromatic N) is 1. The summed E-state index contributed by atoms with van der Waals surface area (Å²) in [6.07, 6.45) is 1.10. The molecule has 2 nitrogen and oxygen atoms in total. The molecule has 0 aliphatic carbocycles. The summed E-state index contributed by atoms with van der Waals surface area (Å²) in [5, 5.41) is 0.827. The van der Waals surface area contributed by atoms with Crippen LogP contribution in [0.4, 0.5) is 5.69 Å². The number of hydrogen-bond donors (Lipinski definition) is 1. The monoisotopic (exact) mass is 272 g/mol. The van der Waals surface area contributed by atoms with Crippen molar-refractivity contribution in [2.75, 3.05) is 12.3 Å². The zero-order valence-corrected chi connectivity index (χ0v) is 11.5. The number of fused-ring (bicyclic) bond motifs is 1. The largest absolute Gasteiger partial charge is 0.399 e. The third-order valence-electron chi connectivity index (χ3n) is 3.65. The summed E-state index contributed by atoms with van der Waals surface area (Å²) in [6.45, 7) is 3.03. The minimum Gasteiger partial charge on any atom is -0.399 e. The predicted molar refractivity (Wildman–Crippen MR) is 80.1 cm³/mol. The Kier molecular flexibility index (Phi) is 3.45. The fourth-order valence-electron chi connectivity index (χ4n) is 2.60. The van der Waals surface area contributed by atoms with Crippen LogP contribution in [0.5, 0.6) is 0 Å². The first-order valence-corrected chi connectivity index (χ1v) is 6.92. The second-order valence-electron chi connectivity index (χ2n) is 5.12. The average molecular weight is 273 g/mol. The number of benzene rings is 2. The molecule has 0 fully saturated rings. The lowest BCUT2D eigenvalue weighted by Crippen LogP contribution is -2.30. The first kappa shape index (κ1) is 12.5. The summed E-state index contributed by atoms with van der Waals surface area (Å²) in [6, 6.07) is 14.3. The van der Waals surface area contributed by atoms with Crippen LogP contribution >= 0.6 is 11.6 Å². The van der Waals surface area contributed by atoms with Gasteiger partial charge in [0, 0.05) is 30.3 Å². The fraction of sp³-hybridized carbons (Fsp3) is 0.250. The van der Waals surface area contributed by atoms with Gasteiger partial charge in [0.05, 0.1) is 0 Å². The predicted octanol–water partition coefficient (Wildman–Crippen LogP) is 3.48. The second-order valence-corrected chi connectivity index (χ2v) is 5.55. The molecular formula is C16H17ClN2. The SMILES string of the molecule is Nc1ccc(CN2CCc3ccc(Cl)cc3C2)cc1. The number of rotatable bonds is 2. The van der Waals surface area contributed by atoms with E-state index in [2.05, 4.69) is 29.2 Å². The van der Waals surface area contributed by atoms with Gasteiger partial charge in [0.15, 0.2) is 0 Å². The molecule has 0 amide bonds. The summed E-state index contributed by atoms with van der Waals surface area (Å²) in [7, 11) is 0. The summed E-state index contributed by atoms with van der Waals surface area (Å²) < 4.78 is 0. The van der Waals surface area contributed by atoms with Crippen molar-refractivity contribution in [3.05, 3.63) is 64.2 Å². The molecule has 1 aliphatic heterocycles. The Morgan fingerprint density at radius 2 is 1.84 bits per heavy atom. The average Bonchev–Trinajstić information content (AvgIpc) is 2.41.